The van der Waals surface area contributed by atoms with Crippen LogP contribution in [0, 0.1) is 0 Å². The fourth-order valence-electron chi connectivity index (χ4n) is 3.02. The van der Waals surface area contributed by atoms with Crippen LogP contribution in [0.5, 0.6) is 11.8 Å². The van der Waals surface area contributed by atoms with Gasteiger partial charge in [0.15, 0.2) is 0 Å². The zero-order valence-corrected chi connectivity index (χ0v) is 16.8. The average Bonchev–Trinajstić information content (AvgIpc) is 3.10. The van der Waals surface area contributed by atoms with Crippen LogP contribution in [0.3, 0.4) is 0 Å². The molecule has 0 saturated heterocycles. The number of aromatic nitrogens is 5. The Bertz CT molecular complexity index is 1180. The molecule has 142 valence electrons. The lowest BCUT2D eigenvalue weighted by Crippen LogP contribution is -2.01. The molecule has 9 heteroatoms. The summed E-state index contributed by atoms with van der Waals surface area (Å²) in [5, 5.41) is 9.18. The van der Waals surface area contributed by atoms with Crippen molar-refractivity contribution in [2.45, 2.75) is 0 Å². The molecule has 0 atom stereocenters. The number of rotatable bonds is 4. The molecule has 4 rings (SSSR count). The third-order valence-corrected chi connectivity index (χ3v) is 5.08. The molecular formula is C19H15Cl2N5O2. The van der Waals surface area contributed by atoms with Gasteiger partial charge in [0.1, 0.15) is 16.9 Å². The van der Waals surface area contributed by atoms with E-state index in [1.54, 1.807) is 17.8 Å². The molecule has 7 nitrogen and oxygen atoms in total. The molecule has 0 radical (unpaired) electrons. The Balaban J connectivity index is 2.10. The first-order valence-corrected chi connectivity index (χ1v) is 9.04. The highest BCUT2D eigenvalue weighted by Crippen LogP contribution is 2.43. The van der Waals surface area contributed by atoms with E-state index < -0.39 is 0 Å². The van der Waals surface area contributed by atoms with E-state index in [4.69, 9.17) is 32.7 Å². The predicted molar refractivity (Wildman–Crippen MR) is 108 cm³/mol. The summed E-state index contributed by atoms with van der Waals surface area (Å²) in [6.45, 7) is 0. The van der Waals surface area contributed by atoms with Crippen LogP contribution in [0.1, 0.15) is 0 Å². The lowest BCUT2D eigenvalue weighted by molar-refractivity contribution is 0.334. The van der Waals surface area contributed by atoms with Gasteiger partial charge >= 0.3 is 0 Å². The van der Waals surface area contributed by atoms with E-state index >= 15 is 0 Å². The van der Waals surface area contributed by atoms with Crippen molar-refractivity contribution >= 4 is 34.2 Å². The van der Waals surface area contributed by atoms with E-state index in [2.05, 4.69) is 20.3 Å². The van der Waals surface area contributed by atoms with Gasteiger partial charge in [-0.1, -0.05) is 58.7 Å². The van der Waals surface area contributed by atoms with Gasteiger partial charge in [-0.25, -0.2) is 14.6 Å². The van der Waals surface area contributed by atoms with Crippen LogP contribution in [0.25, 0.3) is 33.5 Å². The standard InChI is InChI=1S/C19H15Cl2N5O2/c1-26-17(15(24-25-26)10-7-5-4-6-8-10)13-14(21)11(20)9-12-16(13)23-19(28-3)18(22-12)27-2/h4-9H,1-3H3. The molecule has 28 heavy (non-hydrogen) atoms. The van der Waals surface area contributed by atoms with Crippen LogP contribution in [0.15, 0.2) is 36.4 Å². The first-order chi connectivity index (χ1) is 13.5. The molecule has 2 heterocycles. The molecule has 0 aliphatic rings. The van der Waals surface area contributed by atoms with Crippen molar-refractivity contribution in [2.24, 2.45) is 7.05 Å². The summed E-state index contributed by atoms with van der Waals surface area (Å²) in [7, 11) is 4.78. The molecule has 0 bridgehead atoms. The van der Waals surface area contributed by atoms with E-state index in [9.17, 15) is 0 Å². The number of ether oxygens (including phenoxy) is 2. The molecule has 0 saturated carbocycles. The summed E-state index contributed by atoms with van der Waals surface area (Å²) < 4.78 is 12.2. The Morgan fingerprint density at radius 1 is 0.964 bits per heavy atom. The summed E-state index contributed by atoms with van der Waals surface area (Å²) in [5.41, 5.74) is 3.82. The molecular weight excluding hydrogens is 401 g/mol. The van der Waals surface area contributed by atoms with E-state index in [-0.39, 0.29) is 11.8 Å². The zero-order valence-electron chi connectivity index (χ0n) is 15.3. The molecule has 0 fully saturated rings. The highest BCUT2D eigenvalue weighted by Gasteiger charge is 2.24. The van der Waals surface area contributed by atoms with Gasteiger partial charge in [0.2, 0.25) is 0 Å². The van der Waals surface area contributed by atoms with Crippen LogP contribution in [-0.2, 0) is 7.05 Å². The number of hydrogen-bond acceptors (Lipinski definition) is 6. The second-order valence-corrected chi connectivity index (χ2v) is 6.72. The zero-order chi connectivity index (χ0) is 19.8. The van der Waals surface area contributed by atoms with Gasteiger partial charge in [0, 0.05) is 12.6 Å². The Morgan fingerprint density at radius 2 is 1.64 bits per heavy atom. The largest absolute Gasteiger partial charge is 0.477 e. The SMILES string of the molecule is COc1nc2cc(Cl)c(Cl)c(-c3c(-c4ccccc4)nnn3C)c2nc1OC. The number of aryl methyl sites for hydroxylation is 1. The maximum Gasteiger partial charge on any atom is 0.278 e. The summed E-state index contributed by atoms with van der Waals surface area (Å²) >= 11 is 13.0. The van der Waals surface area contributed by atoms with E-state index in [0.29, 0.717) is 38.0 Å². The number of benzene rings is 2. The van der Waals surface area contributed by atoms with Gasteiger partial charge < -0.3 is 9.47 Å². The second-order valence-electron chi connectivity index (χ2n) is 5.93. The summed E-state index contributed by atoms with van der Waals surface area (Å²) in [4.78, 5) is 9.04. The molecule has 0 aliphatic heterocycles. The fraction of sp³-hybridized carbons (Fsp3) is 0.158. The molecule has 4 aromatic rings. The lowest BCUT2D eigenvalue weighted by atomic mass is 10.0. The van der Waals surface area contributed by atoms with Gasteiger partial charge in [-0.2, -0.15) is 0 Å². The number of methoxy groups -OCH3 is 2. The molecule has 0 N–H and O–H groups in total. The first-order valence-electron chi connectivity index (χ1n) is 8.28. The number of fused-ring (bicyclic) bond motifs is 1. The number of hydrogen-bond donors (Lipinski definition) is 0. The van der Waals surface area contributed by atoms with Crippen molar-refractivity contribution in [3.63, 3.8) is 0 Å². The highest BCUT2D eigenvalue weighted by molar-refractivity contribution is 6.45. The maximum atomic E-state index is 6.62. The molecule has 0 spiro atoms. The van der Waals surface area contributed by atoms with Gasteiger partial charge in [0.05, 0.1) is 35.3 Å². The van der Waals surface area contributed by atoms with Crippen molar-refractivity contribution in [1.82, 2.24) is 25.0 Å². The summed E-state index contributed by atoms with van der Waals surface area (Å²) in [5.74, 6) is 0.497. The van der Waals surface area contributed by atoms with Crippen molar-refractivity contribution in [3.05, 3.63) is 46.4 Å². The predicted octanol–water partition coefficient (Wildman–Crippen LogP) is 4.42. The Kier molecular flexibility index (Phi) is 4.78. The highest BCUT2D eigenvalue weighted by atomic mass is 35.5. The van der Waals surface area contributed by atoms with Crippen molar-refractivity contribution in [1.29, 1.82) is 0 Å². The summed E-state index contributed by atoms with van der Waals surface area (Å²) in [6, 6.07) is 11.3. The third-order valence-electron chi connectivity index (χ3n) is 4.29. The smallest absolute Gasteiger partial charge is 0.278 e. The van der Waals surface area contributed by atoms with Crippen LogP contribution in [-0.4, -0.2) is 39.2 Å². The second kappa shape index (κ2) is 7.26. The Morgan fingerprint density at radius 3 is 2.32 bits per heavy atom. The average molecular weight is 416 g/mol. The van der Waals surface area contributed by atoms with E-state index in [1.807, 2.05) is 30.3 Å². The molecule has 0 aliphatic carbocycles. The third kappa shape index (κ3) is 2.93. The van der Waals surface area contributed by atoms with Crippen LogP contribution in [0.2, 0.25) is 10.0 Å². The van der Waals surface area contributed by atoms with Crippen molar-refractivity contribution in [2.75, 3.05) is 14.2 Å². The van der Waals surface area contributed by atoms with Crippen molar-refractivity contribution < 1.29 is 9.47 Å². The normalized spacial score (nSPS) is 11.0. The van der Waals surface area contributed by atoms with Gasteiger partial charge in [0.25, 0.3) is 11.8 Å². The molecule has 0 amide bonds. The quantitative estimate of drug-likeness (QED) is 0.491. The van der Waals surface area contributed by atoms with Crippen LogP contribution >= 0.6 is 23.2 Å². The van der Waals surface area contributed by atoms with Gasteiger partial charge in [-0.15, -0.1) is 5.10 Å². The number of halogens is 2. The fourth-order valence-corrected chi connectivity index (χ4v) is 3.45. The van der Waals surface area contributed by atoms with E-state index in [0.717, 1.165) is 5.56 Å². The lowest BCUT2D eigenvalue weighted by Gasteiger charge is -2.13. The summed E-state index contributed by atoms with van der Waals surface area (Å²) in [6.07, 6.45) is 0. The van der Waals surface area contributed by atoms with E-state index in [1.165, 1.54) is 14.2 Å². The van der Waals surface area contributed by atoms with Crippen LogP contribution < -0.4 is 9.47 Å². The Labute approximate surface area is 170 Å². The molecule has 0 unspecified atom stereocenters. The van der Waals surface area contributed by atoms with Crippen LogP contribution in [0.4, 0.5) is 0 Å². The Hall–Kier alpha value is -2.90. The van der Waals surface area contributed by atoms with Gasteiger partial charge in [-0.05, 0) is 6.07 Å². The molecule has 2 aromatic carbocycles. The maximum absolute atomic E-state index is 6.62. The number of nitrogens with zero attached hydrogens (tertiary/aromatic N) is 5. The monoisotopic (exact) mass is 415 g/mol. The van der Waals surface area contributed by atoms with Crippen molar-refractivity contribution in [3.8, 4) is 34.3 Å². The molecule has 2 aromatic heterocycles. The first kappa shape index (κ1) is 18.5. The minimum absolute atomic E-state index is 0.242. The van der Waals surface area contributed by atoms with Gasteiger partial charge in [-0.3, -0.25) is 0 Å². The topological polar surface area (TPSA) is 75.0 Å². The minimum Gasteiger partial charge on any atom is -0.477 e. The minimum atomic E-state index is 0.242.